The van der Waals surface area contributed by atoms with Gasteiger partial charge in [0.05, 0.1) is 21.1 Å². The van der Waals surface area contributed by atoms with Crippen LogP contribution in [0.25, 0.3) is 11.1 Å². The van der Waals surface area contributed by atoms with Crippen molar-refractivity contribution in [1.29, 1.82) is 0 Å². The van der Waals surface area contributed by atoms with Crippen molar-refractivity contribution in [2.24, 2.45) is 0 Å². The maximum absolute atomic E-state index is 12.7. The summed E-state index contributed by atoms with van der Waals surface area (Å²) in [5, 5.41) is 12.5. The second kappa shape index (κ2) is 11.2. The highest BCUT2D eigenvalue weighted by atomic mass is 79.9. The molecule has 7 nitrogen and oxygen atoms in total. The zero-order chi connectivity index (χ0) is 25.8. The lowest BCUT2D eigenvalue weighted by Crippen LogP contribution is -2.15. The molecule has 0 spiro atoms. The fourth-order valence-electron chi connectivity index (χ4n) is 3.63. The molecule has 186 valence electrons. The maximum Gasteiger partial charge on any atom is 0.277 e. The molecule has 0 radical (unpaired) electrons. The van der Waals surface area contributed by atoms with Crippen LogP contribution in [0.2, 0.25) is 10.0 Å². The molecule has 37 heavy (non-hydrogen) atoms. The highest BCUT2D eigenvalue weighted by molar-refractivity contribution is 9.10. The predicted octanol–water partition coefficient (Wildman–Crippen LogP) is 7.15. The molecule has 0 atom stereocenters. The van der Waals surface area contributed by atoms with E-state index in [-0.39, 0.29) is 18.3 Å². The van der Waals surface area contributed by atoms with E-state index in [0.29, 0.717) is 32.6 Å². The predicted molar refractivity (Wildman–Crippen MR) is 148 cm³/mol. The third kappa shape index (κ3) is 6.22. The second-order valence-electron chi connectivity index (χ2n) is 8.13. The first-order valence-corrected chi connectivity index (χ1v) is 12.8. The van der Waals surface area contributed by atoms with Gasteiger partial charge in [-0.1, -0.05) is 71.7 Å². The third-order valence-corrected chi connectivity index (χ3v) is 6.80. The summed E-state index contributed by atoms with van der Waals surface area (Å²) in [6, 6.07) is 25.0. The molecule has 1 N–H and O–H groups in total. The van der Waals surface area contributed by atoms with Crippen molar-refractivity contribution in [3.05, 3.63) is 117 Å². The summed E-state index contributed by atoms with van der Waals surface area (Å²) in [5.74, 6) is 0.707. The van der Waals surface area contributed by atoms with E-state index in [0.717, 1.165) is 16.7 Å². The topological polar surface area (TPSA) is 74.0 Å². The molecular formula is C27H20BrCl2N5O2. The van der Waals surface area contributed by atoms with Crippen molar-refractivity contribution >= 4 is 50.9 Å². The molecule has 0 aliphatic rings. The number of rotatable bonds is 8. The number of benzene rings is 3. The van der Waals surface area contributed by atoms with Crippen LogP contribution < -0.4 is 10.1 Å². The molecule has 2 heterocycles. The molecule has 3 aromatic carbocycles. The minimum absolute atomic E-state index is 0.167. The van der Waals surface area contributed by atoms with Gasteiger partial charge in [-0.15, -0.1) is 0 Å². The van der Waals surface area contributed by atoms with Gasteiger partial charge in [-0.25, -0.2) is 4.68 Å². The number of hydrogen-bond acceptors (Lipinski definition) is 4. The molecule has 0 aliphatic heterocycles. The smallest absolute Gasteiger partial charge is 0.277 e. The minimum Gasteiger partial charge on any atom is -0.471 e. The van der Waals surface area contributed by atoms with E-state index in [1.165, 1.54) is 0 Å². The van der Waals surface area contributed by atoms with Gasteiger partial charge in [0.2, 0.25) is 0 Å². The van der Waals surface area contributed by atoms with Crippen LogP contribution in [0, 0.1) is 0 Å². The Balaban J connectivity index is 1.17. The third-order valence-electron chi connectivity index (χ3n) is 5.48. The summed E-state index contributed by atoms with van der Waals surface area (Å²) in [5.41, 5.74) is 3.42. The van der Waals surface area contributed by atoms with Crippen molar-refractivity contribution in [2.45, 2.75) is 13.3 Å². The summed E-state index contributed by atoms with van der Waals surface area (Å²) in [4.78, 5) is 12.7. The lowest BCUT2D eigenvalue weighted by Gasteiger charge is -2.07. The van der Waals surface area contributed by atoms with E-state index in [4.69, 9.17) is 27.9 Å². The van der Waals surface area contributed by atoms with Crippen molar-refractivity contribution in [1.82, 2.24) is 19.6 Å². The second-order valence-corrected chi connectivity index (χ2v) is 9.80. The lowest BCUT2D eigenvalue weighted by molar-refractivity contribution is 0.101. The quantitative estimate of drug-likeness (QED) is 0.206. The fourth-order valence-corrected chi connectivity index (χ4v) is 4.36. The van der Waals surface area contributed by atoms with Crippen molar-refractivity contribution < 1.29 is 9.53 Å². The highest BCUT2D eigenvalue weighted by Gasteiger charge is 2.15. The summed E-state index contributed by atoms with van der Waals surface area (Å²) in [6.45, 7) is 0.629. The first-order chi connectivity index (χ1) is 17.9. The SMILES string of the molecule is O=C(Nc1nn(Cc2ccc(Cl)c(Cl)c2)cc1Br)c1ccn(COc2ccc(-c3ccccc3)cc2)n1. The largest absolute Gasteiger partial charge is 0.471 e. The molecule has 5 rings (SSSR count). The van der Waals surface area contributed by atoms with E-state index >= 15 is 0 Å². The summed E-state index contributed by atoms with van der Waals surface area (Å²) < 4.78 is 9.70. The average Bonchev–Trinajstić information content (AvgIpc) is 3.52. The zero-order valence-corrected chi connectivity index (χ0v) is 22.4. The van der Waals surface area contributed by atoms with E-state index in [2.05, 4.69) is 43.6 Å². The molecule has 1 amide bonds. The van der Waals surface area contributed by atoms with E-state index in [9.17, 15) is 4.79 Å². The van der Waals surface area contributed by atoms with Crippen molar-refractivity contribution in [3.8, 4) is 16.9 Å². The first kappa shape index (κ1) is 25.1. The van der Waals surface area contributed by atoms with Crippen molar-refractivity contribution in [3.63, 3.8) is 0 Å². The normalized spacial score (nSPS) is 10.9. The highest BCUT2D eigenvalue weighted by Crippen LogP contribution is 2.25. The van der Waals surface area contributed by atoms with Gasteiger partial charge in [-0.05, 0) is 63.0 Å². The zero-order valence-electron chi connectivity index (χ0n) is 19.3. The Hall–Kier alpha value is -3.59. The number of amides is 1. The molecule has 10 heteroatoms. The standard InChI is InChI=1S/C27H20BrCl2N5O2/c28-22-16-35(15-18-6-11-23(29)24(30)14-18)33-26(22)31-27(36)25-12-13-34(32-25)17-37-21-9-7-20(8-10-21)19-4-2-1-3-5-19/h1-14,16H,15,17H2,(H,31,33,36). The molecule has 0 aliphatic carbocycles. The number of carbonyl (C=O) groups excluding carboxylic acids is 1. The van der Waals surface area contributed by atoms with Crippen LogP contribution in [0.1, 0.15) is 16.1 Å². The molecule has 5 aromatic rings. The maximum atomic E-state index is 12.7. The van der Waals surface area contributed by atoms with Gasteiger partial charge in [0.1, 0.15) is 5.75 Å². The number of nitrogens with one attached hydrogen (secondary N) is 1. The Morgan fingerprint density at radius 1 is 0.892 bits per heavy atom. The number of nitrogens with zero attached hydrogens (tertiary/aromatic N) is 4. The monoisotopic (exact) mass is 595 g/mol. The number of hydrogen-bond donors (Lipinski definition) is 1. The fraction of sp³-hybridized carbons (Fsp3) is 0.0741. The van der Waals surface area contributed by atoms with Gasteiger partial charge in [-0.2, -0.15) is 10.2 Å². The lowest BCUT2D eigenvalue weighted by atomic mass is 10.1. The van der Waals surface area contributed by atoms with Crippen LogP contribution in [0.15, 0.2) is 95.7 Å². The number of ether oxygens (including phenoxy) is 1. The van der Waals surface area contributed by atoms with Crippen LogP contribution >= 0.6 is 39.1 Å². The number of halogens is 3. The molecule has 0 saturated heterocycles. The van der Waals surface area contributed by atoms with Gasteiger partial charge in [-0.3, -0.25) is 9.48 Å². The molecule has 2 aromatic heterocycles. The van der Waals surface area contributed by atoms with Crippen molar-refractivity contribution in [2.75, 3.05) is 5.32 Å². The summed E-state index contributed by atoms with van der Waals surface area (Å²) >= 11 is 15.5. The number of anilines is 1. The average molecular weight is 597 g/mol. The number of aromatic nitrogens is 4. The van der Waals surface area contributed by atoms with Gasteiger partial charge in [0.25, 0.3) is 5.91 Å². The minimum atomic E-state index is -0.383. The Kier molecular flexibility index (Phi) is 7.60. The Bertz CT molecular complexity index is 1530. The molecule has 0 unspecified atom stereocenters. The molecular weight excluding hydrogens is 577 g/mol. The molecule has 0 fully saturated rings. The van der Waals surface area contributed by atoms with Gasteiger partial charge in [0, 0.05) is 12.4 Å². The van der Waals surface area contributed by atoms with Crippen LogP contribution in [0.5, 0.6) is 5.75 Å². The molecule has 0 saturated carbocycles. The Labute approximate surface area is 231 Å². The summed E-state index contributed by atoms with van der Waals surface area (Å²) in [7, 11) is 0. The van der Waals surface area contributed by atoms with Crippen LogP contribution in [-0.4, -0.2) is 25.5 Å². The summed E-state index contributed by atoms with van der Waals surface area (Å²) in [6.07, 6.45) is 3.46. The van der Waals surface area contributed by atoms with E-state index < -0.39 is 0 Å². The van der Waals surface area contributed by atoms with Gasteiger partial charge < -0.3 is 10.1 Å². The number of carbonyl (C=O) groups is 1. The van der Waals surface area contributed by atoms with Gasteiger partial charge in [0.15, 0.2) is 18.2 Å². The Morgan fingerprint density at radius 3 is 2.41 bits per heavy atom. The first-order valence-electron chi connectivity index (χ1n) is 11.2. The van der Waals surface area contributed by atoms with Crippen LogP contribution in [-0.2, 0) is 13.3 Å². The van der Waals surface area contributed by atoms with Gasteiger partial charge >= 0.3 is 0 Å². The van der Waals surface area contributed by atoms with E-state index in [1.807, 2.05) is 48.5 Å². The molecule has 0 bridgehead atoms. The van der Waals surface area contributed by atoms with Crippen LogP contribution in [0.4, 0.5) is 5.82 Å². The van der Waals surface area contributed by atoms with E-state index in [1.54, 1.807) is 40.0 Å². The Morgan fingerprint density at radius 2 is 1.65 bits per heavy atom. The van der Waals surface area contributed by atoms with Crippen LogP contribution in [0.3, 0.4) is 0 Å².